The van der Waals surface area contributed by atoms with Gasteiger partial charge in [0.2, 0.25) is 0 Å². The van der Waals surface area contributed by atoms with Gasteiger partial charge in [0.1, 0.15) is 16.8 Å². The number of hydrogen-bond donors (Lipinski definition) is 2. The van der Waals surface area contributed by atoms with Gasteiger partial charge in [-0.3, -0.25) is 9.59 Å². The third kappa shape index (κ3) is 5.38. The van der Waals surface area contributed by atoms with E-state index in [1.165, 1.54) is 25.5 Å². The standard InChI is InChI=1S/C17H19FN2O6S/c1-25-10-8-19-16(21)17(22)20-11-15(14-3-2-9-26-14)27(23,24)13-6-4-12(18)5-7-13/h2-7,9,15H,8,10-11H2,1H3,(H,19,21)(H,20,22)/t15-/m1/s1. The molecule has 0 saturated carbocycles. The zero-order valence-electron chi connectivity index (χ0n) is 14.5. The molecule has 0 radical (unpaired) electrons. The molecule has 0 aliphatic heterocycles. The average Bonchev–Trinajstić information content (AvgIpc) is 3.16. The van der Waals surface area contributed by atoms with Crippen molar-refractivity contribution in [2.75, 3.05) is 26.8 Å². The topological polar surface area (TPSA) is 115 Å². The van der Waals surface area contributed by atoms with Crippen LogP contribution in [0.2, 0.25) is 0 Å². The molecule has 2 N–H and O–H groups in total. The minimum absolute atomic E-state index is 0.0828. The van der Waals surface area contributed by atoms with E-state index in [2.05, 4.69) is 10.6 Å². The maximum absolute atomic E-state index is 13.1. The van der Waals surface area contributed by atoms with E-state index in [-0.39, 0.29) is 23.8 Å². The van der Waals surface area contributed by atoms with E-state index in [4.69, 9.17) is 9.15 Å². The van der Waals surface area contributed by atoms with Crippen molar-refractivity contribution in [2.45, 2.75) is 10.1 Å². The highest BCUT2D eigenvalue weighted by atomic mass is 32.2. The number of benzene rings is 1. The van der Waals surface area contributed by atoms with Gasteiger partial charge in [-0.05, 0) is 36.4 Å². The summed E-state index contributed by atoms with van der Waals surface area (Å²) in [5.41, 5.74) is 0. The highest BCUT2D eigenvalue weighted by Gasteiger charge is 2.32. The molecule has 146 valence electrons. The maximum atomic E-state index is 13.1. The molecule has 10 heteroatoms. The van der Waals surface area contributed by atoms with Crippen LogP contribution in [0.3, 0.4) is 0 Å². The highest BCUT2D eigenvalue weighted by Crippen LogP contribution is 2.29. The average molecular weight is 398 g/mol. The van der Waals surface area contributed by atoms with Gasteiger partial charge in [-0.25, -0.2) is 12.8 Å². The van der Waals surface area contributed by atoms with Crippen LogP contribution in [-0.4, -0.2) is 47.0 Å². The number of amides is 2. The number of halogens is 1. The van der Waals surface area contributed by atoms with Crippen LogP contribution in [0.4, 0.5) is 4.39 Å². The predicted molar refractivity (Wildman–Crippen MR) is 92.9 cm³/mol. The molecule has 0 aliphatic carbocycles. The molecule has 0 aliphatic rings. The van der Waals surface area contributed by atoms with Crippen LogP contribution in [0.1, 0.15) is 11.0 Å². The fourth-order valence-corrected chi connectivity index (χ4v) is 3.83. The molecular weight excluding hydrogens is 379 g/mol. The zero-order valence-corrected chi connectivity index (χ0v) is 15.3. The highest BCUT2D eigenvalue weighted by molar-refractivity contribution is 7.91. The van der Waals surface area contributed by atoms with Crippen molar-refractivity contribution in [3.05, 3.63) is 54.2 Å². The molecule has 1 heterocycles. The van der Waals surface area contributed by atoms with E-state index in [1.54, 1.807) is 0 Å². The third-order valence-electron chi connectivity index (χ3n) is 3.62. The van der Waals surface area contributed by atoms with Crippen LogP contribution in [0.5, 0.6) is 0 Å². The second-order valence-electron chi connectivity index (χ2n) is 5.46. The van der Waals surface area contributed by atoms with E-state index >= 15 is 0 Å². The number of carbonyl (C=O) groups is 2. The summed E-state index contributed by atoms with van der Waals surface area (Å²) >= 11 is 0. The van der Waals surface area contributed by atoms with Crippen LogP contribution in [0.25, 0.3) is 0 Å². The first kappa shape index (κ1) is 20.6. The lowest BCUT2D eigenvalue weighted by Gasteiger charge is -2.16. The molecule has 27 heavy (non-hydrogen) atoms. The summed E-state index contributed by atoms with van der Waals surface area (Å²) in [6.45, 7) is -0.0328. The number of nitrogens with one attached hydrogen (secondary N) is 2. The molecule has 0 unspecified atom stereocenters. The number of carbonyl (C=O) groups excluding carboxylic acids is 2. The molecule has 2 amide bonds. The summed E-state index contributed by atoms with van der Waals surface area (Å²) in [5.74, 6) is -2.40. The van der Waals surface area contributed by atoms with Crippen molar-refractivity contribution in [3.63, 3.8) is 0 Å². The maximum Gasteiger partial charge on any atom is 0.309 e. The van der Waals surface area contributed by atoms with Gasteiger partial charge in [-0.1, -0.05) is 0 Å². The number of sulfone groups is 1. The lowest BCUT2D eigenvalue weighted by Crippen LogP contribution is -2.43. The summed E-state index contributed by atoms with van der Waals surface area (Å²) in [4.78, 5) is 23.4. The SMILES string of the molecule is COCCNC(=O)C(=O)NC[C@H](c1ccco1)S(=O)(=O)c1ccc(F)cc1. The zero-order chi connectivity index (χ0) is 19.9. The van der Waals surface area contributed by atoms with E-state index in [9.17, 15) is 22.4 Å². The van der Waals surface area contributed by atoms with E-state index in [0.29, 0.717) is 0 Å². The Morgan fingerprint density at radius 3 is 2.41 bits per heavy atom. The van der Waals surface area contributed by atoms with Gasteiger partial charge in [0.05, 0.1) is 17.8 Å². The van der Waals surface area contributed by atoms with Gasteiger partial charge in [0.15, 0.2) is 9.84 Å². The first-order valence-electron chi connectivity index (χ1n) is 7.94. The number of rotatable bonds is 8. The molecule has 0 fully saturated rings. The fourth-order valence-electron chi connectivity index (χ4n) is 2.24. The number of furan rings is 1. The van der Waals surface area contributed by atoms with Crippen LogP contribution in [0.15, 0.2) is 52.0 Å². The molecule has 1 aromatic heterocycles. The first-order valence-corrected chi connectivity index (χ1v) is 9.48. The lowest BCUT2D eigenvalue weighted by atomic mass is 10.3. The second kappa shape index (κ2) is 9.28. The quantitative estimate of drug-likeness (QED) is 0.386. The van der Waals surface area contributed by atoms with Gasteiger partial charge >= 0.3 is 11.8 Å². The Labute approximate surface area is 155 Å². The van der Waals surface area contributed by atoms with Gasteiger partial charge in [0.25, 0.3) is 0 Å². The van der Waals surface area contributed by atoms with E-state index < -0.39 is 39.3 Å². The monoisotopic (exact) mass is 398 g/mol. The summed E-state index contributed by atoms with van der Waals surface area (Å²) in [6, 6.07) is 7.24. The Morgan fingerprint density at radius 1 is 1.15 bits per heavy atom. The molecule has 0 bridgehead atoms. The van der Waals surface area contributed by atoms with Crippen molar-refractivity contribution >= 4 is 21.7 Å². The van der Waals surface area contributed by atoms with Gasteiger partial charge in [-0.2, -0.15) is 0 Å². The van der Waals surface area contributed by atoms with Crippen LogP contribution in [-0.2, 0) is 24.2 Å². The molecule has 2 aromatic rings. The molecule has 2 rings (SSSR count). The van der Waals surface area contributed by atoms with E-state index in [1.807, 2.05) is 0 Å². The van der Waals surface area contributed by atoms with Crippen molar-refractivity contribution in [3.8, 4) is 0 Å². The Balaban J connectivity index is 2.15. The Bertz CT molecular complexity index is 865. The smallest absolute Gasteiger partial charge is 0.309 e. The summed E-state index contributed by atoms with van der Waals surface area (Å²) in [5, 5.41) is 3.32. The second-order valence-corrected chi connectivity index (χ2v) is 7.59. The minimum atomic E-state index is -4.01. The number of ether oxygens (including phenoxy) is 1. The molecule has 0 spiro atoms. The van der Waals surface area contributed by atoms with Crippen molar-refractivity contribution in [1.29, 1.82) is 0 Å². The minimum Gasteiger partial charge on any atom is -0.468 e. The normalized spacial score (nSPS) is 12.4. The Morgan fingerprint density at radius 2 is 1.81 bits per heavy atom. The van der Waals surface area contributed by atoms with Gasteiger partial charge < -0.3 is 19.8 Å². The van der Waals surface area contributed by atoms with Crippen molar-refractivity contribution in [2.24, 2.45) is 0 Å². The van der Waals surface area contributed by atoms with Crippen molar-refractivity contribution < 1.29 is 31.6 Å². The Kier molecular flexibility index (Phi) is 7.08. The van der Waals surface area contributed by atoms with Crippen LogP contribution < -0.4 is 10.6 Å². The van der Waals surface area contributed by atoms with Crippen molar-refractivity contribution in [1.82, 2.24) is 10.6 Å². The molecule has 0 saturated heterocycles. The van der Waals surface area contributed by atoms with Gasteiger partial charge in [-0.15, -0.1) is 0 Å². The Hall–Kier alpha value is -2.72. The number of methoxy groups -OCH3 is 1. The third-order valence-corrected chi connectivity index (χ3v) is 5.70. The summed E-state index contributed by atoms with van der Waals surface area (Å²) < 4.78 is 48.8. The largest absolute Gasteiger partial charge is 0.468 e. The van der Waals surface area contributed by atoms with Gasteiger partial charge in [0, 0.05) is 20.2 Å². The predicted octanol–water partition coefficient (Wildman–Crippen LogP) is 0.812. The first-order chi connectivity index (χ1) is 12.9. The number of hydrogen-bond acceptors (Lipinski definition) is 6. The molecule has 1 aromatic carbocycles. The molecular formula is C17H19FN2O6S. The molecule has 8 nitrogen and oxygen atoms in total. The summed E-state index contributed by atoms with van der Waals surface area (Å²) in [7, 11) is -2.56. The molecule has 1 atom stereocenters. The van der Waals surface area contributed by atoms with Crippen LogP contribution >= 0.6 is 0 Å². The lowest BCUT2D eigenvalue weighted by molar-refractivity contribution is -0.139. The summed E-state index contributed by atoms with van der Waals surface area (Å²) in [6.07, 6.45) is 1.29. The van der Waals surface area contributed by atoms with Crippen LogP contribution in [0, 0.1) is 5.82 Å². The van der Waals surface area contributed by atoms with E-state index in [0.717, 1.165) is 24.3 Å². The fraction of sp³-hybridized carbons (Fsp3) is 0.294.